The van der Waals surface area contributed by atoms with Crippen LogP contribution in [0.15, 0.2) is 0 Å². The number of amides is 3. The maximum absolute atomic E-state index is 12.6. The van der Waals surface area contributed by atoms with Crippen LogP contribution >= 0.6 is 0 Å². The maximum atomic E-state index is 12.6. The number of carbonyl (C=O) groups excluding carboxylic acids is 3. The molecular weight excluding hydrogens is 388 g/mol. The van der Waals surface area contributed by atoms with Gasteiger partial charge in [-0.05, 0) is 25.7 Å². The molecule has 0 aliphatic heterocycles. The number of carboxylic acid groups (broad SMARTS) is 2. The van der Waals surface area contributed by atoms with E-state index in [0.717, 1.165) is 0 Å². The van der Waals surface area contributed by atoms with Crippen LogP contribution in [0.5, 0.6) is 0 Å². The van der Waals surface area contributed by atoms with Crippen molar-refractivity contribution in [1.82, 2.24) is 16.0 Å². The molecule has 4 atom stereocenters. The van der Waals surface area contributed by atoms with E-state index < -0.39 is 66.9 Å². The summed E-state index contributed by atoms with van der Waals surface area (Å²) in [4.78, 5) is 58.6. The second kappa shape index (κ2) is 12.7. The van der Waals surface area contributed by atoms with Gasteiger partial charge in [-0.1, -0.05) is 13.8 Å². The van der Waals surface area contributed by atoms with E-state index in [2.05, 4.69) is 16.0 Å². The molecule has 0 aromatic rings. The number of nitrogens with one attached hydrogen (secondary N) is 3. The Kier molecular flexibility index (Phi) is 11.5. The van der Waals surface area contributed by atoms with E-state index in [4.69, 9.17) is 21.1 Å². The van der Waals surface area contributed by atoms with Gasteiger partial charge in [-0.25, -0.2) is 0 Å². The molecule has 0 aromatic carbocycles. The van der Waals surface area contributed by atoms with Crippen molar-refractivity contribution in [3.05, 3.63) is 0 Å². The zero-order valence-electron chi connectivity index (χ0n) is 16.7. The molecule has 166 valence electrons. The molecule has 29 heavy (non-hydrogen) atoms. The minimum absolute atomic E-state index is 0.0327. The predicted molar refractivity (Wildman–Crippen MR) is 100 cm³/mol. The van der Waals surface area contributed by atoms with Gasteiger partial charge in [0.1, 0.15) is 24.2 Å². The zero-order valence-corrected chi connectivity index (χ0v) is 16.7. The molecule has 0 aliphatic carbocycles. The largest absolute Gasteiger partial charge is 0.481 e. The van der Waals surface area contributed by atoms with Crippen LogP contribution in [0.1, 0.15) is 40.0 Å². The van der Waals surface area contributed by atoms with Gasteiger partial charge in [-0.2, -0.15) is 0 Å². The summed E-state index contributed by atoms with van der Waals surface area (Å²) in [7, 11) is 0. The van der Waals surface area contributed by atoms with Crippen molar-refractivity contribution in [2.45, 2.75) is 64.2 Å². The Morgan fingerprint density at radius 3 is 1.83 bits per heavy atom. The molecule has 8 N–H and O–H groups in total. The van der Waals surface area contributed by atoms with Crippen molar-refractivity contribution in [2.75, 3.05) is 6.61 Å². The molecule has 0 saturated carbocycles. The minimum Gasteiger partial charge on any atom is -0.481 e. The first-order valence-corrected chi connectivity index (χ1v) is 9.11. The van der Waals surface area contributed by atoms with E-state index in [0.29, 0.717) is 0 Å². The highest BCUT2D eigenvalue weighted by molar-refractivity contribution is 5.94. The molecule has 0 rings (SSSR count). The Balaban J connectivity index is 5.35. The third-order valence-electron chi connectivity index (χ3n) is 3.88. The third-order valence-corrected chi connectivity index (χ3v) is 3.88. The second-order valence-electron chi connectivity index (χ2n) is 7.04. The number of nitrogens with two attached hydrogens (primary N) is 1. The summed E-state index contributed by atoms with van der Waals surface area (Å²) in [6.07, 6.45) is -0.539. The lowest BCUT2D eigenvalue weighted by atomic mass is 10.0. The third kappa shape index (κ3) is 10.4. The van der Waals surface area contributed by atoms with Gasteiger partial charge in [-0.3, -0.25) is 24.0 Å². The van der Waals surface area contributed by atoms with E-state index in [1.54, 1.807) is 13.8 Å². The van der Waals surface area contributed by atoms with Crippen molar-refractivity contribution in [1.29, 1.82) is 0 Å². The topological polar surface area (TPSA) is 208 Å². The molecule has 3 amide bonds. The minimum atomic E-state index is -1.32. The Labute approximate surface area is 168 Å². The zero-order chi connectivity index (χ0) is 22.7. The lowest BCUT2D eigenvalue weighted by Crippen LogP contribution is -2.57. The van der Waals surface area contributed by atoms with Crippen LogP contribution in [0.25, 0.3) is 0 Å². The highest BCUT2D eigenvalue weighted by Gasteiger charge is 2.30. The van der Waals surface area contributed by atoms with Crippen molar-refractivity contribution in [3.8, 4) is 0 Å². The average molecular weight is 418 g/mol. The van der Waals surface area contributed by atoms with Crippen molar-refractivity contribution >= 4 is 29.7 Å². The molecule has 0 bridgehead atoms. The van der Waals surface area contributed by atoms with E-state index in [1.165, 1.54) is 6.92 Å². The van der Waals surface area contributed by atoms with Crippen LogP contribution < -0.4 is 21.7 Å². The molecule has 0 radical (unpaired) electrons. The normalized spacial score (nSPS) is 15.0. The van der Waals surface area contributed by atoms with Crippen molar-refractivity contribution in [2.24, 2.45) is 11.7 Å². The number of aliphatic hydroxyl groups excluding tert-OH is 1. The van der Waals surface area contributed by atoms with E-state index in [9.17, 15) is 24.0 Å². The van der Waals surface area contributed by atoms with Gasteiger partial charge in [-0.15, -0.1) is 0 Å². The Morgan fingerprint density at radius 2 is 1.38 bits per heavy atom. The first-order valence-electron chi connectivity index (χ1n) is 9.11. The SMILES string of the molecule is CC(C)CC(NC(=O)C(N)CO)C(=O)NC(CCC(=O)O)C(=O)NC(C)C(=O)O. The van der Waals surface area contributed by atoms with Crippen LogP contribution in [0, 0.1) is 5.92 Å². The summed E-state index contributed by atoms with van der Waals surface area (Å²) < 4.78 is 0. The molecule has 0 aliphatic rings. The highest BCUT2D eigenvalue weighted by Crippen LogP contribution is 2.07. The first kappa shape index (κ1) is 26.3. The van der Waals surface area contributed by atoms with Crippen LogP contribution in [0.2, 0.25) is 0 Å². The summed E-state index contributed by atoms with van der Waals surface area (Å²) in [5.74, 6) is -4.93. The number of hydrogen-bond donors (Lipinski definition) is 7. The number of carbonyl (C=O) groups is 5. The van der Waals surface area contributed by atoms with Gasteiger partial charge in [0.25, 0.3) is 0 Å². The van der Waals surface area contributed by atoms with Crippen molar-refractivity contribution < 1.29 is 39.3 Å². The van der Waals surface area contributed by atoms with Crippen LogP contribution in [-0.2, 0) is 24.0 Å². The predicted octanol–water partition coefficient (Wildman–Crippen LogP) is -2.22. The lowest BCUT2D eigenvalue weighted by molar-refractivity contribution is -0.142. The van der Waals surface area contributed by atoms with E-state index >= 15 is 0 Å². The number of aliphatic carboxylic acids is 2. The van der Waals surface area contributed by atoms with Crippen molar-refractivity contribution in [3.63, 3.8) is 0 Å². The van der Waals surface area contributed by atoms with Gasteiger partial charge in [0.15, 0.2) is 0 Å². The van der Waals surface area contributed by atoms with E-state index in [-0.39, 0.29) is 18.8 Å². The summed E-state index contributed by atoms with van der Waals surface area (Å²) in [6, 6.07) is -4.89. The molecule has 0 spiro atoms. The fraction of sp³-hybridized carbons (Fsp3) is 0.706. The lowest BCUT2D eigenvalue weighted by Gasteiger charge is -2.25. The monoisotopic (exact) mass is 418 g/mol. The Hall–Kier alpha value is -2.73. The molecule has 0 fully saturated rings. The van der Waals surface area contributed by atoms with Gasteiger partial charge < -0.3 is 37.0 Å². The fourth-order valence-corrected chi connectivity index (χ4v) is 2.25. The fourth-order valence-electron chi connectivity index (χ4n) is 2.25. The summed E-state index contributed by atoms with van der Waals surface area (Å²) >= 11 is 0. The smallest absolute Gasteiger partial charge is 0.325 e. The standard InChI is InChI=1S/C17H30N4O8/c1-8(2)6-12(21-14(25)10(18)7-22)16(27)20-11(4-5-13(23)24)15(26)19-9(3)17(28)29/h8-12,22H,4-7,18H2,1-3H3,(H,19,26)(H,20,27)(H,21,25)(H,23,24)(H,28,29). The second-order valence-corrected chi connectivity index (χ2v) is 7.04. The molecule has 12 heteroatoms. The van der Waals surface area contributed by atoms with Gasteiger partial charge >= 0.3 is 11.9 Å². The number of aliphatic hydroxyl groups is 1. The van der Waals surface area contributed by atoms with E-state index in [1.807, 2.05) is 0 Å². The van der Waals surface area contributed by atoms with Crippen LogP contribution in [-0.4, -0.2) is 75.8 Å². The quantitative estimate of drug-likeness (QED) is 0.172. The van der Waals surface area contributed by atoms with Gasteiger partial charge in [0.2, 0.25) is 17.7 Å². The van der Waals surface area contributed by atoms with Crippen LogP contribution in [0.3, 0.4) is 0 Å². The van der Waals surface area contributed by atoms with Crippen LogP contribution in [0.4, 0.5) is 0 Å². The number of carboxylic acids is 2. The Morgan fingerprint density at radius 1 is 0.862 bits per heavy atom. The number of hydrogen-bond acceptors (Lipinski definition) is 7. The summed E-state index contributed by atoms with van der Waals surface area (Å²) in [5.41, 5.74) is 5.43. The molecule has 0 heterocycles. The molecule has 12 nitrogen and oxygen atoms in total. The summed E-state index contributed by atoms with van der Waals surface area (Å²) in [6.45, 7) is 4.18. The molecule has 4 unspecified atom stereocenters. The molecule has 0 saturated heterocycles. The summed E-state index contributed by atoms with van der Waals surface area (Å²) in [5, 5.41) is 33.6. The van der Waals surface area contributed by atoms with Gasteiger partial charge in [0.05, 0.1) is 6.61 Å². The molecular formula is C17H30N4O8. The van der Waals surface area contributed by atoms with Gasteiger partial charge in [0, 0.05) is 6.42 Å². The number of rotatable bonds is 13. The average Bonchev–Trinajstić information content (AvgIpc) is 2.62. The highest BCUT2D eigenvalue weighted by atomic mass is 16.4. The Bertz CT molecular complexity index is 610. The maximum Gasteiger partial charge on any atom is 0.325 e. The first-order chi connectivity index (χ1) is 13.4. The molecule has 0 aromatic heterocycles.